The third-order valence-corrected chi connectivity index (χ3v) is 4.40. The van der Waals surface area contributed by atoms with Gasteiger partial charge in [-0.1, -0.05) is 20.3 Å². The molecule has 0 bridgehead atoms. The first-order valence-electron chi connectivity index (χ1n) is 7.97. The highest BCUT2D eigenvalue weighted by Gasteiger charge is 2.44. The van der Waals surface area contributed by atoms with E-state index >= 15 is 0 Å². The molecule has 2 N–H and O–H groups in total. The molecule has 6 nitrogen and oxygen atoms in total. The van der Waals surface area contributed by atoms with Crippen LogP contribution in [-0.4, -0.2) is 39.1 Å². The molecule has 0 rings (SSSR count). The Balaban J connectivity index is 4.97. The zero-order chi connectivity index (χ0) is 19.0. The van der Waals surface area contributed by atoms with Crippen LogP contribution in [-0.2, 0) is 19.1 Å². The monoisotopic (exact) mass is 384 g/mol. The topological polar surface area (TPSA) is 101 Å². The first-order valence-corrected chi connectivity index (χ1v) is 8.72. The van der Waals surface area contributed by atoms with Crippen LogP contribution >= 0.6 is 23.2 Å². The van der Waals surface area contributed by atoms with Gasteiger partial charge in [-0.25, -0.2) is 0 Å². The summed E-state index contributed by atoms with van der Waals surface area (Å²) in [5, 5.41) is 18.2. The number of alkyl halides is 2. The van der Waals surface area contributed by atoms with Gasteiger partial charge in [0.25, 0.3) is 0 Å². The van der Waals surface area contributed by atoms with Gasteiger partial charge in [0, 0.05) is 0 Å². The Kier molecular flexibility index (Phi) is 9.66. The molecule has 24 heavy (non-hydrogen) atoms. The molecule has 0 heterocycles. The molecule has 0 aromatic rings. The maximum Gasteiger partial charge on any atom is 0.310 e. The quantitative estimate of drug-likeness (QED) is 0.300. The Hall–Kier alpha value is -1.01. The maximum atomic E-state index is 12.1. The van der Waals surface area contributed by atoms with Gasteiger partial charge in [0.1, 0.15) is 4.33 Å². The van der Waals surface area contributed by atoms with Crippen molar-refractivity contribution in [3.8, 4) is 0 Å². The number of esters is 1. The molecule has 0 spiro atoms. The molecule has 0 aliphatic carbocycles. The smallest absolute Gasteiger partial charge is 0.310 e. The Labute approximate surface area is 152 Å². The van der Waals surface area contributed by atoms with E-state index in [9.17, 15) is 19.5 Å². The van der Waals surface area contributed by atoms with Crippen LogP contribution in [0.5, 0.6) is 0 Å². The summed E-state index contributed by atoms with van der Waals surface area (Å²) < 4.78 is 3.61. The zero-order valence-corrected chi connectivity index (χ0v) is 15.8. The van der Waals surface area contributed by atoms with Crippen molar-refractivity contribution in [1.29, 1.82) is 0 Å². The van der Waals surface area contributed by atoms with Gasteiger partial charge in [0.2, 0.25) is 0 Å². The normalized spacial score (nSPS) is 15.4. The molecule has 0 aliphatic heterocycles. The fourth-order valence-corrected chi connectivity index (χ4v) is 3.34. The number of unbranched alkanes of at least 4 members (excludes halogenated alkanes) is 1. The summed E-state index contributed by atoms with van der Waals surface area (Å²) in [6.45, 7) is 5.35. The van der Waals surface area contributed by atoms with Crippen LogP contribution in [0.25, 0.3) is 0 Å². The lowest BCUT2D eigenvalue weighted by Gasteiger charge is -2.32. The number of halogens is 2. The number of carbonyl (C=O) groups excluding carboxylic acids is 1. The number of ether oxygens (including phenoxy) is 1. The van der Waals surface area contributed by atoms with Gasteiger partial charge in [0.05, 0.1) is 24.4 Å². The van der Waals surface area contributed by atoms with E-state index in [4.69, 9.17) is 33.0 Å². The second-order valence-corrected chi connectivity index (χ2v) is 7.94. The molecule has 140 valence electrons. The van der Waals surface area contributed by atoms with E-state index < -0.39 is 40.0 Å². The van der Waals surface area contributed by atoms with Crippen LogP contribution in [0.2, 0.25) is 0 Å². The average molecular weight is 385 g/mol. The van der Waals surface area contributed by atoms with E-state index in [-0.39, 0.29) is 12.8 Å². The molecular formula is C16H26Cl2O6. The minimum Gasteiger partial charge on any atom is -0.481 e. The molecule has 0 saturated carbocycles. The number of carboxylic acids is 2. The Morgan fingerprint density at radius 3 is 2.17 bits per heavy atom. The van der Waals surface area contributed by atoms with E-state index in [2.05, 4.69) is 0 Å². The Bertz CT molecular complexity index is 452. The summed E-state index contributed by atoms with van der Waals surface area (Å²) in [5.41, 5.74) is -1.63. The van der Waals surface area contributed by atoms with Crippen molar-refractivity contribution >= 4 is 41.1 Å². The molecule has 0 radical (unpaired) electrons. The van der Waals surface area contributed by atoms with Gasteiger partial charge in [-0.15, -0.1) is 23.2 Å². The second kappa shape index (κ2) is 10.1. The Morgan fingerprint density at radius 1 is 1.17 bits per heavy atom. The van der Waals surface area contributed by atoms with Crippen LogP contribution in [0.4, 0.5) is 0 Å². The molecule has 2 unspecified atom stereocenters. The lowest BCUT2D eigenvalue weighted by Crippen LogP contribution is -2.37. The highest BCUT2D eigenvalue weighted by molar-refractivity contribution is 6.48. The van der Waals surface area contributed by atoms with Crippen molar-refractivity contribution < 1.29 is 29.3 Å². The average Bonchev–Trinajstić information content (AvgIpc) is 2.43. The van der Waals surface area contributed by atoms with Crippen LogP contribution < -0.4 is 0 Å². The number of rotatable bonds is 12. The van der Waals surface area contributed by atoms with Crippen LogP contribution in [0, 0.1) is 11.3 Å². The third kappa shape index (κ3) is 8.20. The van der Waals surface area contributed by atoms with Crippen LogP contribution in [0.3, 0.4) is 0 Å². The zero-order valence-electron chi connectivity index (χ0n) is 14.3. The van der Waals surface area contributed by atoms with E-state index in [0.717, 1.165) is 12.8 Å². The van der Waals surface area contributed by atoms with Gasteiger partial charge in [-0.2, -0.15) is 0 Å². The van der Waals surface area contributed by atoms with Crippen molar-refractivity contribution in [2.24, 2.45) is 11.3 Å². The minimum atomic E-state index is -1.63. The summed E-state index contributed by atoms with van der Waals surface area (Å²) in [7, 11) is 0. The Morgan fingerprint density at radius 2 is 1.75 bits per heavy atom. The SMILES string of the molecule is CCCCOC(=O)C(CC)CC(Cl)(Cl)CC(C)(CC(=O)O)C(=O)O. The highest BCUT2D eigenvalue weighted by Crippen LogP contribution is 2.43. The van der Waals surface area contributed by atoms with Crippen molar-refractivity contribution in [3.63, 3.8) is 0 Å². The first-order chi connectivity index (χ1) is 11.0. The van der Waals surface area contributed by atoms with E-state index in [1.165, 1.54) is 6.92 Å². The van der Waals surface area contributed by atoms with E-state index in [1.807, 2.05) is 6.92 Å². The standard InChI is InChI=1S/C16H26Cl2O6/c1-4-6-7-24-13(21)11(5-2)8-16(17,18)10-15(3,14(22)23)9-12(19)20/h11H,4-10H2,1-3H3,(H,19,20)(H,22,23). The van der Waals surface area contributed by atoms with Gasteiger partial charge < -0.3 is 14.9 Å². The molecular weight excluding hydrogens is 359 g/mol. The number of hydrogen-bond donors (Lipinski definition) is 2. The molecule has 0 aromatic heterocycles. The van der Waals surface area contributed by atoms with E-state index in [0.29, 0.717) is 13.0 Å². The molecule has 0 amide bonds. The van der Waals surface area contributed by atoms with Crippen molar-refractivity contribution in [2.45, 2.75) is 63.6 Å². The maximum absolute atomic E-state index is 12.1. The molecule has 0 aliphatic rings. The fraction of sp³-hybridized carbons (Fsp3) is 0.812. The summed E-state index contributed by atoms with van der Waals surface area (Å²) in [5.74, 6) is -3.55. The summed E-state index contributed by atoms with van der Waals surface area (Å²) >= 11 is 12.5. The van der Waals surface area contributed by atoms with Crippen molar-refractivity contribution in [3.05, 3.63) is 0 Å². The summed E-state index contributed by atoms with van der Waals surface area (Å²) in [6, 6.07) is 0. The number of carbonyl (C=O) groups is 3. The molecule has 0 fully saturated rings. The molecule has 0 aromatic carbocycles. The predicted octanol–water partition coefficient (Wildman–Crippen LogP) is 3.88. The van der Waals surface area contributed by atoms with E-state index in [1.54, 1.807) is 6.92 Å². The van der Waals surface area contributed by atoms with Gasteiger partial charge in [-0.05, 0) is 32.6 Å². The molecule has 2 atom stereocenters. The first kappa shape index (κ1) is 23.0. The number of aliphatic carboxylic acids is 2. The van der Waals surface area contributed by atoms with Crippen molar-refractivity contribution in [2.75, 3.05) is 6.61 Å². The number of hydrogen-bond acceptors (Lipinski definition) is 4. The van der Waals surface area contributed by atoms with Gasteiger partial charge >= 0.3 is 17.9 Å². The lowest BCUT2D eigenvalue weighted by molar-refractivity contribution is -0.155. The van der Waals surface area contributed by atoms with Crippen LogP contribution in [0.15, 0.2) is 0 Å². The van der Waals surface area contributed by atoms with Crippen LogP contribution in [0.1, 0.15) is 59.3 Å². The summed E-state index contributed by atoms with van der Waals surface area (Å²) in [4.78, 5) is 34.4. The third-order valence-electron chi connectivity index (χ3n) is 3.82. The lowest BCUT2D eigenvalue weighted by atomic mass is 9.80. The van der Waals surface area contributed by atoms with Crippen molar-refractivity contribution in [1.82, 2.24) is 0 Å². The van der Waals surface area contributed by atoms with Gasteiger partial charge in [-0.3, -0.25) is 14.4 Å². The number of carboxylic acid groups (broad SMARTS) is 2. The largest absolute Gasteiger partial charge is 0.481 e. The fourth-order valence-electron chi connectivity index (χ4n) is 2.38. The second-order valence-electron chi connectivity index (χ2n) is 6.30. The van der Waals surface area contributed by atoms with Gasteiger partial charge in [0.15, 0.2) is 0 Å². The summed E-state index contributed by atoms with van der Waals surface area (Å²) in [6.07, 6.45) is 1.19. The highest BCUT2D eigenvalue weighted by atomic mass is 35.5. The molecule has 0 saturated heterocycles. The predicted molar refractivity (Wildman–Crippen MR) is 91.3 cm³/mol. The minimum absolute atomic E-state index is 0.0000580. The molecule has 8 heteroatoms.